The van der Waals surface area contributed by atoms with Gasteiger partial charge >= 0.3 is 5.97 Å². The van der Waals surface area contributed by atoms with E-state index < -0.39 is 12.0 Å². The standard InChI is InChI=1S/C16H19NO4/c1-11-5-7-14(21-2)12(10-11)6-8-15(18)17-9-3-4-13(17)16(19)20/h5-8,10,13H,3-4,9H2,1-2H3,(H,19,20)/b8-6+/t13-/m0/s1. The Labute approximate surface area is 123 Å². The first-order valence-corrected chi connectivity index (χ1v) is 6.89. The first kappa shape index (κ1) is 15.1. The summed E-state index contributed by atoms with van der Waals surface area (Å²) >= 11 is 0. The fourth-order valence-electron chi connectivity index (χ4n) is 2.53. The third-order valence-electron chi connectivity index (χ3n) is 3.61. The molecule has 0 bridgehead atoms. The molecule has 21 heavy (non-hydrogen) atoms. The molecule has 1 amide bonds. The largest absolute Gasteiger partial charge is 0.496 e. The van der Waals surface area contributed by atoms with Crippen LogP contribution in [0.4, 0.5) is 0 Å². The minimum atomic E-state index is -0.942. The van der Waals surface area contributed by atoms with Crippen LogP contribution in [-0.4, -0.2) is 41.6 Å². The molecule has 5 nitrogen and oxygen atoms in total. The molecule has 1 aromatic carbocycles. The summed E-state index contributed by atoms with van der Waals surface area (Å²) in [6.45, 7) is 2.45. The number of carbonyl (C=O) groups is 2. The lowest BCUT2D eigenvalue weighted by atomic mass is 10.1. The molecule has 1 fully saturated rings. The molecule has 0 radical (unpaired) electrons. The molecular weight excluding hydrogens is 270 g/mol. The quantitative estimate of drug-likeness (QED) is 0.862. The molecule has 0 aliphatic carbocycles. The van der Waals surface area contributed by atoms with Crippen molar-refractivity contribution >= 4 is 18.0 Å². The van der Waals surface area contributed by atoms with Crippen LogP contribution in [0.5, 0.6) is 5.75 Å². The van der Waals surface area contributed by atoms with Crippen molar-refractivity contribution in [3.63, 3.8) is 0 Å². The molecule has 1 aliphatic heterocycles. The third-order valence-corrected chi connectivity index (χ3v) is 3.61. The lowest BCUT2D eigenvalue weighted by Gasteiger charge is -2.19. The minimum Gasteiger partial charge on any atom is -0.496 e. The molecule has 0 saturated carbocycles. The summed E-state index contributed by atoms with van der Waals surface area (Å²) in [5.74, 6) is -0.535. The zero-order valence-corrected chi connectivity index (χ0v) is 12.2. The first-order valence-electron chi connectivity index (χ1n) is 6.89. The molecule has 5 heteroatoms. The highest BCUT2D eigenvalue weighted by molar-refractivity contribution is 5.95. The molecule has 1 saturated heterocycles. The van der Waals surface area contributed by atoms with Crippen LogP contribution in [0, 0.1) is 6.92 Å². The highest BCUT2D eigenvalue weighted by Crippen LogP contribution is 2.22. The predicted octanol–water partition coefficient (Wildman–Crippen LogP) is 2.09. The topological polar surface area (TPSA) is 66.8 Å². The second kappa shape index (κ2) is 6.43. The number of rotatable bonds is 4. The zero-order valence-electron chi connectivity index (χ0n) is 12.2. The molecule has 1 N–H and O–H groups in total. The number of benzene rings is 1. The Bertz CT molecular complexity index is 580. The number of hydrogen-bond donors (Lipinski definition) is 1. The molecule has 1 aliphatic rings. The number of carboxylic acids is 1. The third kappa shape index (κ3) is 3.42. The van der Waals surface area contributed by atoms with Gasteiger partial charge in [-0.15, -0.1) is 0 Å². The van der Waals surface area contributed by atoms with Crippen LogP contribution in [0.3, 0.4) is 0 Å². The molecule has 112 valence electrons. The van der Waals surface area contributed by atoms with Crippen LogP contribution in [0.1, 0.15) is 24.0 Å². The molecule has 0 spiro atoms. The molecule has 0 unspecified atom stereocenters. The minimum absolute atomic E-state index is 0.275. The van der Waals surface area contributed by atoms with Crippen molar-refractivity contribution in [2.75, 3.05) is 13.7 Å². The average molecular weight is 289 g/mol. The van der Waals surface area contributed by atoms with E-state index in [1.807, 2.05) is 25.1 Å². The number of likely N-dealkylation sites (tertiary alicyclic amines) is 1. The van der Waals surface area contributed by atoms with Gasteiger partial charge in [0.15, 0.2) is 0 Å². The van der Waals surface area contributed by atoms with Crippen molar-refractivity contribution in [3.05, 3.63) is 35.4 Å². The fourth-order valence-corrected chi connectivity index (χ4v) is 2.53. The van der Waals surface area contributed by atoms with Gasteiger partial charge in [0.25, 0.3) is 0 Å². The number of methoxy groups -OCH3 is 1. The van der Waals surface area contributed by atoms with Gasteiger partial charge in [0.1, 0.15) is 11.8 Å². The second-order valence-corrected chi connectivity index (χ2v) is 5.11. The number of ether oxygens (including phenoxy) is 1. The smallest absolute Gasteiger partial charge is 0.326 e. The molecule has 1 atom stereocenters. The van der Waals surface area contributed by atoms with Crippen LogP contribution in [0.25, 0.3) is 6.08 Å². The number of hydrogen-bond acceptors (Lipinski definition) is 3. The molecule has 2 rings (SSSR count). The average Bonchev–Trinajstić information content (AvgIpc) is 2.94. The van der Waals surface area contributed by atoms with Crippen molar-refractivity contribution in [2.24, 2.45) is 0 Å². The van der Waals surface area contributed by atoms with E-state index in [9.17, 15) is 9.59 Å². The van der Waals surface area contributed by atoms with Crippen LogP contribution >= 0.6 is 0 Å². The van der Waals surface area contributed by atoms with Crippen molar-refractivity contribution < 1.29 is 19.4 Å². The van der Waals surface area contributed by atoms with Crippen LogP contribution in [-0.2, 0) is 9.59 Å². The number of carbonyl (C=O) groups excluding carboxylic acids is 1. The van der Waals surface area contributed by atoms with Gasteiger partial charge in [0, 0.05) is 18.2 Å². The normalized spacial score (nSPS) is 18.2. The Morgan fingerprint density at radius 1 is 1.43 bits per heavy atom. The van der Waals surface area contributed by atoms with E-state index in [2.05, 4.69) is 0 Å². The lowest BCUT2D eigenvalue weighted by Crippen LogP contribution is -2.39. The predicted molar refractivity (Wildman–Crippen MR) is 79.1 cm³/mol. The van der Waals surface area contributed by atoms with Gasteiger partial charge in [-0.2, -0.15) is 0 Å². The maximum Gasteiger partial charge on any atom is 0.326 e. The maximum atomic E-state index is 12.2. The van der Waals surface area contributed by atoms with Crippen LogP contribution < -0.4 is 4.74 Å². The lowest BCUT2D eigenvalue weighted by molar-refractivity contribution is -0.146. The molecule has 1 heterocycles. The van der Waals surface area contributed by atoms with Crippen molar-refractivity contribution in [1.29, 1.82) is 0 Å². The Morgan fingerprint density at radius 3 is 2.86 bits per heavy atom. The summed E-state index contributed by atoms with van der Waals surface area (Å²) in [4.78, 5) is 24.7. The fraction of sp³-hybridized carbons (Fsp3) is 0.375. The Balaban J connectivity index is 2.15. The van der Waals surface area contributed by atoms with E-state index in [0.29, 0.717) is 18.7 Å². The number of carboxylic acid groups (broad SMARTS) is 1. The number of aryl methyl sites for hydroxylation is 1. The summed E-state index contributed by atoms with van der Waals surface area (Å²) in [7, 11) is 1.57. The summed E-state index contributed by atoms with van der Waals surface area (Å²) in [6.07, 6.45) is 4.33. The van der Waals surface area contributed by atoms with Gasteiger partial charge in [-0.1, -0.05) is 11.6 Å². The van der Waals surface area contributed by atoms with Gasteiger partial charge < -0.3 is 14.7 Å². The molecular formula is C16H19NO4. The van der Waals surface area contributed by atoms with Crippen molar-refractivity contribution in [2.45, 2.75) is 25.8 Å². The van der Waals surface area contributed by atoms with E-state index >= 15 is 0 Å². The van der Waals surface area contributed by atoms with Gasteiger partial charge in [0.2, 0.25) is 5.91 Å². The summed E-state index contributed by atoms with van der Waals surface area (Å²) in [5.41, 5.74) is 1.87. The van der Waals surface area contributed by atoms with E-state index in [-0.39, 0.29) is 5.91 Å². The zero-order chi connectivity index (χ0) is 15.4. The van der Waals surface area contributed by atoms with Gasteiger partial charge in [-0.25, -0.2) is 4.79 Å². The van der Waals surface area contributed by atoms with Gasteiger partial charge in [0.05, 0.1) is 7.11 Å². The Morgan fingerprint density at radius 2 is 2.19 bits per heavy atom. The summed E-state index contributed by atoms with van der Waals surface area (Å²) in [6, 6.07) is 4.98. The monoisotopic (exact) mass is 289 g/mol. The SMILES string of the molecule is COc1ccc(C)cc1/C=C/C(=O)N1CCC[C@H]1C(=O)O. The number of aliphatic carboxylic acids is 1. The van der Waals surface area contributed by atoms with E-state index in [1.165, 1.54) is 11.0 Å². The van der Waals surface area contributed by atoms with Gasteiger partial charge in [-0.3, -0.25) is 4.79 Å². The van der Waals surface area contributed by atoms with Crippen molar-refractivity contribution in [3.8, 4) is 5.75 Å². The van der Waals surface area contributed by atoms with Crippen LogP contribution in [0.2, 0.25) is 0 Å². The summed E-state index contributed by atoms with van der Waals surface area (Å²) in [5, 5.41) is 9.10. The van der Waals surface area contributed by atoms with Gasteiger partial charge in [-0.05, 0) is 38.0 Å². The van der Waals surface area contributed by atoms with Crippen LogP contribution in [0.15, 0.2) is 24.3 Å². The van der Waals surface area contributed by atoms with E-state index in [4.69, 9.17) is 9.84 Å². The number of amides is 1. The Hall–Kier alpha value is -2.30. The highest BCUT2D eigenvalue weighted by Gasteiger charge is 2.32. The number of nitrogens with zero attached hydrogens (tertiary/aromatic N) is 1. The highest BCUT2D eigenvalue weighted by atomic mass is 16.5. The summed E-state index contributed by atoms with van der Waals surface area (Å²) < 4.78 is 5.25. The van der Waals surface area contributed by atoms with E-state index in [0.717, 1.165) is 17.5 Å². The maximum absolute atomic E-state index is 12.2. The molecule has 1 aromatic rings. The Kier molecular flexibility index (Phi) is 4.62. The second-order valence-electron chi connectivity index (χ2n) is 5.11. The van der Waals surface area contributed by atoms with E-state index in [1.54, 1.807) is 13.2 Å². The first-order chi connectivity index (χ1) is 10.0. The van der Waals surface area contributed by atoms with Crippen molar-refractivity contribution in [1.82, 2.24) is 4.90 Å². The molecule has 0 aromatic heterocycles.